The fourth-order valence-electron chi connectivity index (χ4n) is 1.67. The van der Waals surface area contributed by atoms with Gasteiger partial charge in [-0.15, -0.1) is 0 Å². The normalized spacial score (nSPS) is 20.3. The van der Waals surface area contributed by atoms with Gasteiger partial charge in [-0.2, -0.15) is 0 Å². The van der Waals surface area contributed by atoms with Crippen LogP contribution >= 0.6 is 39.1 Å². The zero-order chi connectivity index (χ0) is 14.6. The van der Waals surface area contributed by atoms with Gasteiger partial charge in [0.2, 0.25) is 0 Å². The molecule has 0 saturated heterocycles. The van der Waals surface area contributed by atoms with Crippen LogP contribution in [0.5, 0.6) is 0 Å². The number of benzene rings is 1. The van der Waals surface area contributed by atoms with E-state index in [0.717, 1.165) is 5.02 Å². The van der Waals surface area contributed by atoms with Crippen LogP contribution in [0.25, 0.3) is 4.48 Å². The fraction of sp³-hybridized carbons (Fsp3) is 0.357. The lowest BCUT2D eigenvalue weighted by atomic mass is 10.1. The molecule has 2 rings (SSSR count). The van der Waals surface area contributed by atoms with Gasteiger partial charge >= 0.3 is 5.43 Å². The van der Waals surface area contributed by atoms with Gasteiger partial charge in [-0.25, -0.2) is 4.79 Å². The summed E-state index contributed by atoms with van der Waals surface area (Å²) in [5, 5.41) is 7.97. The molecule has 104 valence electrons. The van der Waals surface area contributed by atoms with Gasteiger partial charge in [0, 0.05) is 21.1 Å². The van der Waals surface area contributed by atoms with Crippen molar-refractivity contribution >= 4 is 49.0 Å². The number of rotatable bonds is 2. The first-order valence-electron chi connectivity index (χ1n) is 5.74. The van der Waals surface area contributed by atoms with Crippen LogP contribution in [0.1, 0.15) is 25.8 Å². The minimum atomic E-state index is -1.36. The van der Waals surface area contributed by atoms with E-state index in [1.54, 1.807) is 0 Å². The van der Waals surface area contributed by atoms with Crippen LogP contribution in [0.15, 0.2) is 30.3 Å². The maximum absolute atomic E-state index is 8.77. The molecule has 0 radical (unpaired) electrons. The van der Waals surface area contributed by atoms with Crippen LogP contribution in [0.2, 0.25) is 5.02 Å². The number of halogens is 3. The second-order valence-electron chi connectivity index (χ2n) is 5.07. The molecule has 1 saturated carbocycles. The van der Waals surface area contributed by atoms with Gasteiger partial charge in [0.15, 0.2) is 0 Å². The molecule has 1 aromatic rings. The van der Waals surface area contributed by atoms with Crippen LogP contribution in [-0.4, -0.2) is 10.5 Å². The monoisotopic (exact) mass is 364 g/mol. The SMILES string of the molecule is CC1(C)CC1C=C(Br)c1ccc(Cl)cc1.O=C(O)Cl. The molecule has 5 heteroatoms. The summed E-state index contributed by atoms with van der Waals surface area (Å²) in [5.41, 5.74) is 0.327. The summed E-state index contributed by atoms with van der Waals surface area (Å²) in [5.74, 6) is 0.711. The first kappa shape index (κ1) is 16.5. The van der Waals surface area contributed by atoms with Crippen LogP contribution in [0.4, 0.5) is 4.79 Å². The third kappa shape index (κ3) is 5.98. The van der Waals surface area contributed by atoms with Crippen molar-refractivity contribution in [2.75, 3.05) is 0 Å². The van der Waals surface area contributed by atoms with E-state index in [0.29, 0.717) is 11.3 Å². The molecule has 1 fully saturated rings. The highest BCUT2D eigenvalue weighted by Gasteiger charge is 2.43. The molecule has 2 nitrogen and oxygen atoms in total. The maximum atomic E-state index is 8.77. The Kier molecular flexibility index (Phi) is 5.90. The standard InChI is InChI=1S/C13H14BrCl.CHClO2/c1-13(2)8-10(13)7-12(14)9-3-5-11(15)6-4-9;2-1(3)4/h3-7,10H,8H2,1-2H3;(H,3,4). The van der Waals surface area contributed by atoms with E-state index in [4.69, 9.17) is 21.5 Å². The van der Waals surface area contributed by atoms with Crippen LogP contribution < -0.4 is 0 Å². The minimum absolute atomic E-state index is 0.492. The third-order valence-electron chi connectivity index (χ3n) is 3.06. The Morgan fingerprint density at radius 2 is 1.84 bits per heavy atom. The Hall–Kier alpha value is -0.510. The van der Waals surface area contributed by atoms with Crippen molar-refractivity contribution in [3.63, 3.8) is 0 Å². The number of hydrogen-bond donors (Lipinski definition) is 1. The molecule has 1 atom stereocenters. The Labute approximate surface area is 131 Å². The average Bonchev–Trinajstić information content (AvgIpc) is 2.85. The topological polar surface area (TPSA) is 37.3 Å². The molecule has 0 spiro atoms. The van der Waals surface area contributed by atoms with E-state index in [1.807, 2.05) is 24.3 Å². The second-order valence-corrected chi connectivity index (χ2v) is 6.69. The van der Waals surface area contributed by atoms with Crippen LogP contribution in [-0.2, 0) is 0 Å². The summed E-state index contributed by atoms with van der Waals surface area (Å²) >= 11 is 13.7. The van der Waals surface area contributed by atoms with Gasteiger partial charge in [0.05, 0.1) is 0 Å². The van der Waals surface area contributed by atoms with E-state index >= 15 is 0 Å². The van der Waals surface area contributed by atoms with Crippen molar-refractivity contribution in [1.82, 2.24) is 0 Å². The van der Waals surface area contributed by atoms with E-state index < -0.39 is 5.43 Å². The van der Waals surface area contributed by atoms with Crippen LogP contribution in [0, 0.1) is 11.3 Å². The number of allylic oxidation sites excluding steroid dienone is 1. The zero-order valence-corrected chi connectivity index (χ0v) is 13.8. The molecule has 1 aromatic carbocycles. The highest BCUT2D eigenvalue weighted by Crippen LogP contribution is 2.53. The summed E-state index contributed by atoms with van der Waals surface area (Å²) in [6.45, 7) is 4.60. The Morgan fingerprint density at radius 1 is 1.42 bits per heavy atom. The molecule has 19 heavy (non-hydrogen) atoms. The summed E-state index contributed by atoms with van der Waals surface area (Å²) in [4.78, 5) is 8.77. The number of carbonyl (C=O) groups is 1. The highest BCUT2D eigenvalue weighted by molar-refractivity contribution is 9.15. The smallest absolute Gasteiger partial charge is 0.401 e. The van der Waals surface area contributed by atoms with Gasteiger partial charge in [0.25, 0.3) is 0 Å². The Bertz CT molecular complexity index is 477. The molecule has 1 aliphatic carbocycles. The first-order chi connectivity index (χ1) is 8.72. The molecule has 0 aromatic heterocycles. The summed E-state index contributed by atoms with van der Waals surface area (Å²) in [6, 6.07) is 7.92. The lowest BCUT2D eigenvalue weighted by molar-refractivity contribution is 0.220. The average molecular weight is 366 g/mol. The molecule has 0 aliphatic heterocycles. The summed E-state index contributed by atoms with van der Waals surface area (Å²) in [6.07, 6.45) is 3.60. The Balaban J connectivity index is 0.000000399. The summed E-state index contributed by atoms with van der Waals surface area (Å²) < 4.78 is 1.18. The van der Waals surface area contributed by atoms with Gasteiger partial charge in [-0.3, -0.25) is 0 Å². The van der Waals surface area contributed by atoms with E-state index in [9.17, 15) is 0 Å². The molecular weight excluding hydrogens is 351 g/mol. The Morgan fingerprint density at radius 3 is 2.21 bits per heavy atom. The summed E-state index contributed by atoms with van der Waals surface area (Å²) in [7, 11) is 0. The first-order valence-corrected chi connectivity index (χ1v) is 7.29. The predicted octanol–water partition coefficient (Wildman–Crippen LogP) is 6.03. The van der Waals surface area contributed by atoms with Crippen LogP contribution in [0.3, 0.4) is 0 Å². The minimum Gasteiger partial charge on any atom is -0.469 e. The van der Waals surface area contributed by atoms with Gasteiger partial charge in [0.1, 0.15) is 0 Å². The molecule has 0 amide bonds. The predicted molar refractivity (Wildman–Crippen MR) is 84.1 cm³/mol. The fourth-order valence-corrected chi connectivity index (χ4v) is 2.38. The maximum Gasteiger partial charge on any atom is 0.401 e. The van der Waals surface area contributed by atoms with Crippen molar-refractivity contribution in [2.45, 2.75) is 20.3 Å². The van der Waals surface area contributed by atoms with Crippen molar-refractivity contribution in [2.24, 2.45) is 11.3 Å². The van der Waals surface area contributed by atoms with E-state index in [2.05, 4.69) is 47.5 Å². The molecule has 0 heterocycles. The lowest BCUT2D eigenvalue weighted by Crippen LogP contribution is -1.87. The molecule has 1 unspecified atom stereocenters. The molecule has 1 N–H and O–H groups in total. The largest absolute Gasteiger partial charge is 0.469 e. The van der Waals surface area contributed by atoms with E-state index in [1.165, 1.54) is 16.5 Å². The van der Waals surface area contributed by atoms with Crippen molar-refractivity contribution < 1.29 is 9.90 Å². The molecule has 0 bridgehead atoms. The second kappa shape index (κ2) is 6.78. The molecular formula is C14H15BrCl2O2. The molecule has 1 aliphatic rings. The van der Waals surface area contributed by atoms with Crippen molar-refractivity contribution in [3.8, 4) is 0 Å². The number of carboxylic acid groups (broad SMARTS) is 1. The third-order valence-corrected chi connectivity index (χ3v) is 4.03. The zero-order valence-electron chi connectivity index (χ0n) is 10.7. The van der Waals surface area contributed by atoms with Crippen molar-refractivity contribution in [1.29, 1.82) is 0 Å². The van der Waals surface area contributed by atoms with E-state index in [-0.39, 0.29) is 0 Å². The van der Waals surface area contributed by atoms with Gasteiger partial charge in [-0.1, -0.05) is 59.6 Å². The lowest BCUT2D eigenvalue weighted by Gasteiger charge is -2.01. The van der Waals surface area contributed by atoms with Gasteiger partial charge in [-0.05, 0) is 35.4 Å². The van der Waals surface area contributed by atoms with Gasteiger partial charge < -0.3 is 5.11 Å². The number of hydrogen-bond acceptors (Lipinski definition) is 1. The highest BCUT2D eigenvalue weighted by atomic mass is 79.9. The quantitative estimate of drug-likeness (QED) is 0.650. The van der Waals surface area contributed by atoms with Crippen molar-refractivity contribution in [3.05, 3.63) is 40.9 Å².